The van der Waals surface area contributed by atoms with Crippen molar-refractivity contribution in [2.45, 2.75) is 25.8 Å². The van der Waals surface area contributed by atoms with E-state index in [-0.39, 0.29) is 18.2 Å². The third-order valence-electron chi connectivity index (χ3n) is 5.80. The van der Waals surface area contributed by atoms with Crippen LogP contribution in [0.4, 0.5) is 5.69 Å². The SMILES string of the molecule is CCn1c2ccccc2c2cc(NC(=O)Cn3c(CS(C)(=O)=O)nc4ccccc43)ccc21. The Morgan fingerprint density at radius 2 is 1.61 bits per heavy atom. The van der Waals surface area contributed by atoms with Crippen molar-refractivity contribution in [3.05, 3.63) is 72.6 Å². The standard InChI is InChI=1S/C25H24N4O3S/c1-3-28-21-10-6-4-8-18(21)19-14-17(12-13-22(19)28)26-25(30)15-29-23-11-7-5-9-20(23)27-24(29)16-33(2,31)32/h4-14H,3,15-16H2,1-2H3,(H,26,30). The number of para-hydroxylation sites is 3. The van der Waals surface area contributed by atoms with Crippen LogP contribution < -0.4 is 5.32 Å². The van der Waals surface area contributed by atoms with Crippen LogP contribution in [0, 0.1) is 0 Å². The molecular weight excluding hydrogens is 436 g/mol. The molecule has 2 aromatic heterocycles. The van der Waals surface area contributed by atoms with Crippen LogP contribution in [0.5, 0.6) is 0 Å². The van der Waals surface area contributed by atoms with E-state index in [4.69, 9.17) is 0 Å². The molecule has 1 amide bonds. The van der Waals surface area contributed by atoms with E-state index in [1.54, 1.807) is 4.57 Å². The van der Waals surface area contributed by atoms with Crippen LogP contribution >= 0.6 is 0 Å². The molecule has 0 atom stereocenters. The number of aryl methyl sites for hydroxylation is 1. The van der Waals surface area contributed by atoms with Gasteiger partial charge in [0.15, 0.2) is 9.84 Å². The molecule has 2 heterocycles. The molecule has 0 aliphatic heterocycles. The Bertz CT molecular complexity index is 1630. The minimum atomic E-state index is -3.30. The van der Waals surface area contributed by atoms with Gasteiger partial charge >= 0.3 is 0 Å². The van der Waals surface area contributed by atoms with E-state index in [2.05, 4.69) is 33.9 Å². The monoisotopic (exact) mass is 460 g/mol. The average Bonchev–Trinajstić information content (AvgIpc) is 3.27. The molecule has 0 aliphatic rings. The molecule has 0 unspecified atom stereocenters. The molecule has 1 N–H and O–H groups in total. The van der Waals surface area contributed by atoms with E-state index in [0.29, 0.717) is 17.0 Å². The minimum Gasteiger partial charge on any atom is -0.341 e. The largest absolute Gasteiger partial charge is 0.341 e. The molecule has 5 rings (SSSR count). The summed E-state index contributed by atoms with van der Waals surface area (Å²) < 4.78 is 27.7. The van der Waals surface area contributed by atoms with E-state index >= 15 is 0 Å². The number of amides is 1. The van der Waals surface area contributed by atoms with Gasteiger partial charge in [0, 0.05) is 40.3 Å². The zero-order valence-corrected chi connectivity index (χ0v) is 19.3. The Hall–Kier alpha value is -3.65. The van der Waals surface area contributed by atoms with Crippen molar-refractivity contribution in [3.8, 4) is 0 Å². The van der Waals surface area contributed by atoms with Gasteiger partial charge in [0.1, 0.15) is 18.1 Å². The molecule has 5 aromatic rings. The summed E-state index contributed by atoms with van der Waals surface area (Å²) in [6.45, 7) is 2.94. The Balaban J connectivity index is 1.48. The fourth-order valence-electron chi connectivity index (χ4n) is 4.46. The van der Waals surface area contributed by atoms with Gasteiger partial charge in [0.05, 0.1) is 11.0 Å². The van der Waals surface area contributed by atoms with Gasteiger partial charge in [-0.05, 0) is 43.3 Å². The van der Waals surface area contributed by atoms with Crippen molar-refractivity contribution in [3.63, 3.8) is 0 Å². The highest BCUT2D eigenvalue weighted by Gasteiger charge is 2.18. The second-order valence-corrected chi connectivity index (χ2v) is 10.4. The highest BCUT2D eigenvalue weighted by atomic mass is 32.2. The first-order valence-corrected chi connectivity index (χ1v) is 12.8. The lowest BCUT2D eigenvalue weighted by Crippen LogP contribution is -2.21. The molecule has 33 heavy (non-hydrogen) atoms. The first-order valence-electron chi connectivity index (χ1n) is 10.8. The molecule has 0 aliphatic carbocycles. The molecule has 0 bridgehead atoms. The van der Waals surface area contributed by atoms with Gasteiger partial charge in [-0.3, -0.25) is 4.79 Å². The molecule has 168 valence electrons. The van der Waals surface area contributed by atoms with Crippen molar-refractivity contribution >= 4 is 54.3 Å². The van der Waals surface area contributed by atoms with E-state index in [9.17, 15) is 13.2 Å². The average molecular weight is 461 g/mol. The summed E-state index contributed by atoms with van der Waals surface area (Å²) in [7, 11) is -3.30. The highest BCUT2D eigenvalue weighted by molar-refractivity contribution is 7.89. The maximum Gasteiger partial charge on any atom is 0.244 e. The Labute approximate surface area is 191 Å². The second kappa shape index (κ2) is 8.04. The zero-order chi connectivity index (χ0) is 23.2. The topological polar surface area (TPSA) is 86.0 Å². The van der Waals surface area contributed by atoms with Crippen LogP contribution in [0.15, 0.2) is 66.7 Å². The third kappa shape index (κ3) is 3.98. The predicted molar refractivity (Wildman–Crippen MR) is 132 cm³/mol. The van der Waals surface area contributed by atoms with Crippen molar-refractivity contribution in [2.75, 3.05) is 11.6 Å². The number of rotatable bonds is 6. The van der Waals surface area contributed by atoms with Crippen molar-refractivity contribution in [2.24, 2.45) is 0 Å². The number of carbonyl (C=O) groups excluding carboxylic acids is 1. The first-order chi connectivity index (χ1) is 15.8. The van der Waals surface area contributed by atoms with E-state index < -0.39 is 9.84 Å². The van der Waals surface area contributed by atoms with Crippen LogP contribution in [0.1, 0.15) is 12.7 Å². The van der Waals surface area contributed by atoms with Crippen molar-refractivity contribution in [1.29, 1.82) is 0 Å². The van der Waals surface area contributed by atoms with Gasteiger partial charge in [0.2, 0.25) is 5.91 Å². The second-order valence-electron chi connectivity index (χ2n) is 8.21. The fraction of sp³-hybridized carbons (Fsp3) is 0.200. The molecule has 8 heteroatoms. The van der Waals surface area contributed by atoms with Crippen LogP contribution in [0.25, 0.3) is 32.8 Å². The van der Waals surface area contributed by atoms with Crippen LogP contribution in [-0.4, -0.2) is 34.7 Å². The number of carbonyl (C=O) groups is 1. The number of hydrogen-bond acceptors (Lipinski definition) is 4. The lowest BCUT2D eigenvalue weighted by atomic mass is 10.1. The Morgan fingerprint density at radius 1 is 0.909 bits per heavy atom. The number of nitrogens with one attached hydrogen (secondary N) is 1. The highest BCUT2D eigenvalue weighted by Crippen LogP contribution is 2.31. The van der Waals surface area contributed by atoms with E-state index in [0.717, 1.165) is 33.9 Å². The normalized spacial score (nSPS) is 12.1. The Kier molecular flexibility index (Phi) is 5.17. The van der Waals surface area contributed by atoms with E-state index in [1.165, 1.54) is 6.26 Å². The number of sulfone groups is 1. The van der Waals surface area contributed by atoms with E-state index in [1.807, 2.05) is 54.6 Å². The lowest BCUT2D eigenvalue weighted by molar-refractivity contribution is -0.116. The summed E-state index contributed by atoms with van der Waals surface area (Å²) in [6.07, 6.45) is 1.17. The lowest BCUT2D eigenvalue weighted by Gasteiger charge is -2.10. The zero-order valence-electron chi connectivity index (χ0n) is 18.4. The number of imidazole rings is 1. The van der Waals surface area contributed by atoms with Gasteiger partial charge in [-0.25, -0.2) is 13.4 Å². The van der Waals surface area contributed by atoms with Gasteiger partial charge in [-0.1, -0.05) is 30.3 Å². The quantitative estimate of drug-likeness (QED) is 0.408. The minimum absolute atomic E-state index is 0.0277. The molecular formula is C25H24N4O3S. The number of benzene rings is 3. The predicted octanol–water partition coefficient (Wildman–Crippen LogP) is 4.35. The molecule has 0 saturated heterocycles. The summed E-state index contributed by atoms with van der Waals surface area (Å²) in [5, 5.41) is 5.19. The smallest absolute Gasteiger partial charge is 0.244 e. The number of nitrogens with zero attached hydrogens (tertiary/aromatic N) is 3. The van der Waals surface area contributed by atoms with Crippen molar-refractivity contribution in [1.82, 2.24) is 14.1 Å². The first kappa shape index (κ1) is 21.2. The summed E-state index contributed by atoms with van der Waals surface area (Å²) in [6, 6.07) is 21.5. The van der Waals surface area contributed by atoms with Crippen molar-refractivity contribution < 1.29 is 13.2 Å². The summed E-state index contributed by atoms with van der Waals surface area (Å²) in [4.78, 5) is 17.4. The fourth-order valence-corrected chi connectivity index (χ4v) is 5.15. The van der Waals surface area contributed by atoms with Crippen LogP contribution in [0.2, 0.25) is 0 Å². The molecule has 0 spiro atoms. The third-order valence-corrected chi connectivity index (χ3v) is 6.58. The van der Waals surface area contributed by atoms with Gasteiger partial charge < -0.3 is 14.5 Å². The summed E-state index contributed by atoms with van der Waals surface area (Å²) >= 11 is 0. The number of hydrogen-bond donors (Lipinski definition) is 1. The molecule has 0 fully saturated rings. The Morgan fingerprint density at radius 3 is 2.36 bits per heavy atom. The maximum absolute atomic E-state index is 13.0. The maximum atomic E-state index is 13.0. The van der Waals surface area contributed by atoms with Gasteiger partial charge in [0.25, 0.3) is 0 Å². The number of anilines is 1. The molecule has 0 saturated carbocycles. The molecule has 7 nitrogen and oxygen atoms in total. The number of fused-ring (bicyclic) bond motifs is 4. The molecule has 0 radical (unpaired) electrons. The summed E-state index contributed by atoms with van der Waals surface area (Å²) in [5.74, 6) is -0.112. The van der Waals surface area contributed by atoms with Gasteiger partial charge in [-0.2, -0.15) is 0 Å². The molecule has 3 aromatic carbocycles. The van der Waals surface area contributed by atoms with Crippen LogP contribution in [-0.2, 0) is 33.5 Å². The number of aromatic nitrogens is 3. The van der Waals surface area contributed by atoms with Crippen LogP contribution in [0.3, 0.4) is 0 Å². The summed E-state index contributed by atoms with van der Waals surface area (Å²) in [5.41, 5.74) is 4.37. The van der Waals surface area contributed by atoms with Gasteiger partial charge in [-0.15, -0.1) is 0 Å².